The van der Waals surface area contributed by atoms with E-state index in [4.69, 9.17) is 0 Å². The molecular weight excluding hydrogens is 390 g/mol. The van der Waals surface area contributed by atoms with Crippen LogP contribution in [0.1, 0.15) is 18.1 Å². The molecule has 0 aliphatic rings. The van der Waals surface area contributed by atoms with Crippen LogP contribution in [-0.4, -0.2) is 31.3 Å². The van der Waals surface area contributed by atoms with Crippen LogP contribution < -0.4 is 5.32 Å². The van der Waals surface area contributed by atoms with E-state index in [0.29, 0.717) is 11.7 Å². The summed E-state index contributed by atoms with van der Waals surface area (Å²) in [6.07, 6.45) is 0. The van der Waals surface area contributed by atoms with Crippen molar-refractivity contribution in [1.82, 2.24) is 14.8 Å². The molecular formula is C20H21N5O3S. The van der Waals surface area contributed by atoms with Gasteiger partial charge in [0.2, 0.25) is 5.91 Å². The minimum Gasteiger partial charge on any atom is -0.320 e. The molecule has 3 aromatic rings. The molecule has 150 valence electrons. The van der Waals surface area contributed by atoms with E-state index in [-0.39, 0.29) is 23.0 Å². The molecule has 1 N–H and O–H groups in total. The predicted molar refractivity (Wildman–Crippen MR) is 113 cm³/mol. The molecule has 1 amide bonds. The Morgan fingerprint density at radius 2 is 1.93 bits per heavy atom. The Bertz CT molecular complexity index is 1060. The number of nitro groups is 1. The Hall–Kier alpha value is -3.20. The topological polar surface area (TPSA) is 103 Å². The van der Waals surface area contributed by atoms with E-state index in [0.717, 1.165) is 22.5 Å². The van der Waals surface area contributed by atoms with Crippen molar-refractivity contribution in [3.8, 4) is 11.4 Å². The van der Waals surface area contributed by atoms with E-state index < -0.39 is 4.92 Å². The van der Waals surface area contributed by atoms with E-state index in [1.807, 2.05) is 42.7 Å². The Kier molecular flexibility index (Phi) is 6.28. The zero-order chi connectivity index (χ0) is 21.0. The summed E-state index contributed by atoms with van der Waals surface area (Å²) in [5.41, 5.74) is 2.90. The van der Waals surface area contributed by atoms with E-state index >= 15 is 0 Å². The summed E-state index contributed by atoms with van der Waals surface area (Å²) < 4.78 is 1.95. The van der Waals surface area contributed by atoms with Crippen LogP contribution in [0.5, 0.6) is 0 Å². The number of aryl methyl sites for hydroxylation is 2. The SMILES string of the molecule is CCn1c(SCC(=O)Nc2ccc(C)cc2[N+](=O)[O-])nnc1-c1cccc(C)c1. The van der Waals surface area contributed by atoms with Crippen LogP contribution in [0.4, 0.5) is 11.4 Å². The van der Waals surface area contributed by atoms with Crippen molar-refractivity contribution in [2.75, 3.05) is 11.1 Å². The lowest BCUT2D eigenvalue weighted by Gasteiger charge is -2.09. The van der Waals surface area contributed by atoms with Gasteiger partial charge in [-0.3, -0.25) is 14.9 Å². The minimum absolute atomic E-state index is 0.0664. The summed E-state index contributed by atoms with van der Waals surface area (Å²) in [6, 6.07) is 12.7. The van der Waals surface area contributed by atoms with Gasteiger partial charge in [-0.15, -0.1) is 10.2 Å². The Morgan fingerprint density at radius 1 is 1.17 bits per heavy atom. The van der Waals surface area contributed by atoms with Crippen molar-refractivity contribution >= 4 is 29.0 Å². The molecule has 0 saturated heterocycles. The summed E-state index contributed by atoms with van der Waals surface area (Å²) >= 11 is 1.24. The van der Waals surface area contributed by atoms with Crippen molar-refractivity contribution in [1.29, 1.82) is 0 Å². The average molecular weight is 411 g/mol. The van der Waals surface area contributed by atoms with Crippen LogP contribution in [0.3, 0.4) is 0 Å². The first kappa shape index (κ1) is 20.5. The molecule has 0 radical (unpaired) electrons. The zero-order valence-electron chi connectivity index (χ0n) is 16.4. The highest BCUT2D eigenvalue weighted by atomic mass is 32.2. The summed E-state index contributed by atoms with van der Waals surface area (Å²) in [5, 5.41) is 22.9. The normalized spacial score (nSPS) is 10.7. The molecule has 0 bridgehead atoms. The number of amides is 1. The molecule has 3 rings (SSSR count). The average Bonchev–Trinajstić information content (AvgIpc) is 3.10. The Morgan fingerprint density at radius 3 is 2.62 bits per heavy atom. The van der Waals surface area contributed by atoms with Gasteiger partial charge >= 0.3 is 0 Å². The van der Waals surface area contributed by atoms with Gasteiger partial charge in [0.05, 0.1) is 10.7 Å². The number of rotatable bonds is 7. The lowest BCUT2D eigenvalue weighted by Crippen LogP contribution is -2.15. The van der Waals surface area contributed by atoms with Gasteiger partial charge < -0.3 is 9.88 Å². The third-order valence-corrected chi connectivity index (χ3v) is 5.23. The Labute approximate surface area is 172 Å². The van der Waals surface area contributed by atoms with Crippen molar-refractivity contribution in [2.24, 2.45) is 0 Å². The smallest absolute Gasteiger partial charge is 0.293 e. The number of carbonyl (C=O) groups excluding carboxylic acids is 1. The second kappa shape index (κ2) is 8.87. The van der Waals surface area contributed by atoms with E-state index in [2.05, 4.69) is 15.5 Å². The number of nitrogens with zero attached hydrogens (tertiary/aromatic N) is 4. The second-order valence-electron chi connectivity index (χ2n) is 6.53. The monoisotopic (exact) mass is 411 g/mol. The first-order valence-corrected chi connectivity index (χ1v) is 10.1. The molecule has 0 fully saturated rings. The van der Waals surface area contributed by atoms with Crippen LogP contribution in [0.15, 0.2) is 47.6 Å². The van der Waals surface area contributed by atoms with Gasteiger partial charge in [0.1, 0.15) is 5.69 Å². The Balaban J connectivity index is 1.72. The van der Waals surface area contributed by atoms with Gasteiger partial charge in [-0.25, -0.2) is 0 Å². The lowest BCUT2D eigenvalue weighted by molar-refractivity contribution is -0.384. The van der Waals surface area contributed by atoms with Gasteiger partial charge in [0, 0.05) is 18.2 Å². The highest BCUT2D eigenvalue weighted by molar-refractivity contribution is 7.99. The maximum Gasteiger partial charge on any atom is 0.293 e. The fourth-order valence-electron chi connectivity index (χ4n) is 2.89. The number of thioether (sulfide) groups is 1. The highest BCUT2D eigenvalue weighted by Crippen LogP contribution is 2.27. The minimum atomic E-state index is -0.502. The lowest BCUT2D eigenvalue weighted by atomic mass is 10.1. The van der Waals surface area contributed by atoms with Crippen molar-refractivity contribution in [2.45, 2.75) is 32.5 Å². The quantitative estimate of drug-likeness (QED) is 0.355. The van der Waals surface area contributed by atoms with Gasteiger partial charge in [-0.2, -0.15) is 0 Å². The molecule has 0 saturated carbocycles. The molecule has 0 aliphatic heterocycles. The van der Waals surface area contributed by atoms with E-state index in [1.165, 1.54) is 17.8 Å². The van der Waals surface area contributed by atoms with Crippen LogP contribution in [0, 0.1) is 24.0 Å². The largest absolute Gasteiger partial charge is 0.320 e. The summed E-state index contributed by atoms with van der Waals surface area (Å²) in [5.74, 6) is 0.467. The van der Waals surface area contributed by atoms with Crippen LogP contribution in [-0.2, 0) is 11.3 Å². The number of benzene rings is 2. The molecule has 2 aromatic carbocycles. The summed E-state index contributed by atoms with van der Waals surface area (Å²) in [6.45, 7) is 6.42. The van der Waals surface area contributed by atoms with Crippen molar-refractivity contribution in [3.05, 3.63) is 63.7 Å². The van der Waals surface area contributed by atoms with Gasteiger partial charge in [0.15, 0.2) is 11.0 Å². The van der Waals surface area contributed by atoms with Gasteiger partial charge in [-0.1, -0.05) is 41.6 Å². The number of nitrogens with one attached hydrogen (secondary N) is 1. The number of anilines is 1. The molecule has 0 aliphatic carbocycles. The van der Waals surface area contributed by atoms with Crippen molar-refractivity contribution < 1.29 is 9.72 Å². The van der Waals surface area contributed by atoms with E-state index in [1.54, 1.807) is 19.1 Å². The molecule has 0 atom stereocenters. The summed E-state index contributed by atoms with van der Waals surface area (Å²) in [7, 11) is 0. The van der Waals surface area contributed by atoms with Gasteiger partial charge in [0.25, 0.3) is 5.69 Å². The third-order valence-electron chi connectivity index (χ3n) is 4.27. The molecule has 8 nitrogen and oxygen atoms in total. The van der Waals surface area contributed by atoms with E-state index in [9.17, 15) is 14.9 Å². The third kappa shape index (κ3) is 4.80. The molecule has 29 heavy (non-hydrogen) atoms. The maximum atomic E-state index is 12.4. The van der Waals surface area contributed by atoms with Crippen LogP contribution >= 0.6 is 11.8 Å². The predicted octanol–water partition coefficient (Wildman–Crippen LogP) is 4.22. The van der Waals surface area contributed by atoms with Gasteiger partial charge in [-0.05, 0) is 38.5 Å². The first-order chi connectivity index (χ1) is 13.9. The van der Waals surface area contributed by atoms with Crippen LogP contribution in [0.25, 0.3) is 11.4 Å². The van der Waals surface area contributed by atoms with Crippen LogP contribution in [0.2, 0.25) is 0 Å². The fourth-order valence-corrected chi connectivity index (χ4v) is 3.70. The van der Waals surface area contributed by atoms with Crippen molar-refractivity contribution in [3.63, 3.8) is 0 Å². The number of aromatic nitrogens is 3. The fraction of sp³-hybridized carbons (Fsp3) is 0.250. The number of hydrogen-bond donors (Lipinski definition) is 1. The molecule has 1 heterocycles. The summed E-state index contributed by atoms with van der Waals surface area (Å²) in [4.78, 5) is 23.1. The molecule has 1 aromatic heterocycles. The zero-order valence-corrected chi connectivity index (χ0v) is 17.2. The maximum absolute atomic E-state index is 12.4. The number of hydrogen-bond acceptors (Lipinski definition) is 6. The molecule has 9 heteroatoms. The number of nitro benzene ring substituents is 1. The highest BCUT2D eigenvalue weighted by Gasteiger charge is 2.18. The molecule has 0 unspecified atom stereocenters. The molecule has 0 spiro atoms. The first-order valence-electron chi connectivity index (χ1n) is 9.07. The number of carbonyl (C=O) groups is 1. The second-order valence-corrected chi connectivity index (χ2v) is 7.48. The standard InChI is InChI=1S/C20H21N5O3S/c1-4-24-19(15-7-5-6-13(2)10-15)22-23-20(24)29-12-18(26)21-16-9-8-14(3)11-17(16)25(27)28/h5-11H,4,12H2,1-3H3,(H,21,26).